The van der Waals surface area contributed by atoms with Crippen LogP contribution in [-0.2, 0) is 4.79 Å². The topological polar surface area (TPSA) is 111 Å². The molecule has 98 valence electrons. The molecule has 0 aliphatic heterocycles. The van der Waals surface area contributed by atoms with E-state index in [0.29, 0.717) is 0 Å². The number of nitro groups is 1. The summed E-state index contributed by atoms with van der Waals surface area (Å²) in [5.41, 5.74) is -0.307. The van der Waals surface area contributed by atoms with Crippen LogP contribution in [0.25, 0.3) is 0 Å². The van der Waals surface area contributed by atoms with Gasteiger partial charge in [-0.1, -0.05) is 0 Å². The van der Waals surface area contributed by atoms with E-state index in [1.807, 2.05) is 0 Å². The van der Waals surface area contributed by atoms with Gasteiger partial charge in [0.15, 0.2) is 5.75 Å². The first-order valence-corrected chi connectivity index (χ1v) is 4.86. The van der Waals surface area contributed by atoms with E-state index in [9.17, 15) is 14.9 Å². The van der Waals surface area contributed by atoms with Crippen LogP contribution in [0.2, 0.25) is 0 Å². The Morgan fingerprint density at radius 2 is 2.11 bits per heavy atom. The number of nitro benzene ring substituents is 1. The lowest BCUT2D eigenvalue weighted by Gasteiger charge is -2.11. The fraction of sp³-hybridized carbons (Fsp3) is 0.300. The monoisotopic (exact) mass is 256 g/mol. The molecule has 0 saturated heterocycles. The third-order valence-corrected chi connectivity index (χ3v) is 2.13. The van der Waals surface area contributed by atoms with Gasteiger partial charge in [-0.25, -0.2) is 0 Å². The van der Waals surface area contributed by atoms with Crippen molar-refractivity contribution in [3.8, 4) is 11.5 Å². The highest BCUT2D eigenvalue weighted by atomic mass is 16.6. The second-order valence-corrected chi connectivity index (χ2v) is 3.20. The average molecular weight is 256 g/mol. The number of benzene rings is 1. The standard InChI is InChI=1S/C10H12N2O6/c1-17-7-4-3-6(11-5-8(13)14)9(12(15)16)10(7)18-2/h3-4,11H,5H2,1-2H3,(H,13,14). The zero-order chi connectivity index (χ0) is 13.7. The van der Waals surface area contributed by atoms with Crippen LogP contribution >= 0.6 is 0 Å². The number of hydrogen-bond acceptors (Lipinski definition) is 6. The maximum Gasteiger partial charge on any atom is 0.337 e. The Hall–Kier alpha value is -2.51. The second-order valence-electron chi connectivity index (χ2n) is 3.20. The maximum absolute atomic E-state index is 11.0. The van der Waals surface area contributed by atoms with Crippen molar-refractivity contribution in [1.29, 1.82) is 0 Å². The number of ether oxygens (including phenoxy) is 2. The molecule has 0 saturated carbocycles. The van der Waals surface area contributed by atoms with E-state index in [4.69, 9.17) is 14.6 Å². The van der Waals surface area contributed by atoms with E-state index in [1.165, 1.54) is 26.4 Å². The van der Waals surface area contributed by atoms with Gasteiger partial charge in [-0.2, -0.15) is 0 Å². The van der Waals surface area contributed by atoms with Crippen molar-refractivity contribution in [2.45, 2.75) is 0 Å². The van der Waals surface area contributed by atoms with Gasteiger partial charge in [0, 0.05) is 0 Å². The number of nitrogens with zero attached hydrogens (tertiary/aromatic N) is 1. The minimum absolute atomic E-state index is 0.0556. The lowest BCUT2D eigenvalue weighted by molar-refractivity contribution is -0.384. The van der Waals surface area contributed by atoms with E-state index in [2.05, 4.69) is 5.32 Å². The molecule has 2 N–H and O–H groups in total. The molecule has 0 aliphatic carbocycles. The first-order valence-electron chi connectivity index (χ1n) is 4.86. The molecule has 0 radical (unpaired) electrons. The van der Waals surface area contributed by atoms with Crippen LogP contribution in [-0.4, -0.2) is 36.8 Å². The summed E-state index contributed by atoms with van der Waals surface area (Å²) in [5.74, 6) is -0.984. The molecule has 0 spiro atoms. The van der Waals surface area contributed by atoms with Crippen LogP contribution in [0.15, 0.2) is 12.1 Å². The second kappa shape index (κ2) is 5.71. The molecule has 0 amide bonds. The third-order valence-electron chi connectivity index (χ3n) is 2.13. The van der Waals surface area contributed by atoms with Crippen LogP contribution in [0.5, 0.6) is 11.5 Å². The SMILES string of the molecule is COc1ccc(NCC(=O)O)c([N+](=O)[O-])c1OC. The number of anilines is 1. The Labute approximate surface area is 102 Å². The van der Waals surface area contributed by atoms with Crippen molar-refractivity contribution in [3.05, 3.63) is 22.2 Å². The van der Waals surface area contributed by atoms with Gasteiger partial charge in [0.25, 0.3) is 0 Å². The molecule has 0 unspecified atom stereocenters. The summed E-state index contributed by atoms with van der Waals surface area (Å²) in [5, 5.41) is 22.0. The molecule has 18 heavy (non-hydrogen) atoms. The van der Waals surface area contributed by atoms with Crippen LogP contribution in [0, 0.1) is 10.1 Å². The fourth-order valence-corrected chi connectivity index (χ4v) is 1.41. The van der Waals surface area contributed by atoms with Gasteiger partial charge >= 0.3 is 11.7 Å². The van der Waals surface area contributed by atoms with Crippen LogP contribution < -0.4 is 14.8 Å². The quantitative estimate of drug-likeness (QED) is 0.579. The van der Waals surface area contributed by atoms with E-state index in [0.717, 1.165) is 0 Å². The number of carbonyl (C=O) groups is 1. The third kappa shape index (κ3) is 2.78. The molecular weight excluding hydrogens is 244 g/mol. The van der Waals surface area contributed by atoms with Gasteiger partial charge in [0.2, 0.25) is 5.75 Å². The molecule has 1 rings (SSSR count). The van der Waals surface area contributed by atoms with Crippen molar-refractivity contribution in [2.75, 3.05) is 26.1 Å². The zero-order valence-corrected chi connectivity index (χ0v) is 9.80. The maximum atomic E-state index is 11.0. The van der Waals surface area contributed by atoms with Gasteiger partial charge in [-0.05, 0) is 12.1 Å². The number of aliphatic carboxylic acids is 1. The normalized spacial score (nSPS) is 9.67. The number of carboxylic acids is 1. The number of carboxylic acid groups (broad SMARTS) is 1. The number of methoxy groups -OCH3 is 2. The highest BCUT2D eigenvalue weighted by Crippen LogP contribution is 2.42. The first kappa shape index (κ1) is 13.6. The summed E-state index contributed by atoms with van der Waals surface area (Å²) in [4.78, 5) is 20.8. The smallest absolute Gasteiger partial charge is 0.337 e. The molecule has 0 atom stereocenters. The molecule has 8 heteroatoms. The van der Waals surface area contributed by atoms with Gasteiger partial charge in [-0.15, -0.1) is 0 Å². The van der Waals surface area contributed by atoms with E-state index in [-0.39, 0.29) is 22.9 Å². The minimum Gasteiger partial charge on any atom is -0.493 e. The van der Waals surface area contributed by atoms with Crippen molar-refractivity contribution < 1.29 is 24.3 Å². The zero-order valence-electron chi connectivity index (χ0n) is 9.80. The van der Waals surface area contributed by atoms with Crippen molar-refractivity contribution in [2.24, 2.45) is 0 Å². The molecule has 0 bridgehead atoms. The number of rotatable bonds is 6. The molecule has 1 aromatic carbocycles. The Morgan fingerprint density at radius 3 is 2.56 bits per heavy atom. The Bertz CT molecular complexity index is 474. The minimum atomic E-state index is -1.13. The molecule has 0 aromatic heterocycles. The van der Waals surface area contributed by atoms with Crippen LogP contribution in [0.1, 0.15) is 0 Å². The molecular formula is C10H12N2O6. The lowest BCUT2D eigenvalue weighted by atomic mass is 10.2. The highest BCUT2D eigenvalue weighted by molar-refractivity contribution is 5.78. The molecule has 0 heterocycles. The Morgan fingerprint density at radius 1 is 1.44 bits per heavy atom. The number of nitrogens with one attached hydrogen (secondary N) is 1. The lowest BCUT2D eigenvalue weighted by Crippen LogP contribution is -2.13. The summed E-state index contributed by atoms with van der Waals surface area (Å²) in [6.45, 7) is -0.434. The van der Waals surface area contributed by atoms with Crippen molar-refractivity contribution >= 4 is 17.3 Å². The predicted molar refractivity (Wildman–Crippen MR) is 62.3 cm³/mol. The summed E-state index contributed by atoms with van der Waals surface area (Å²) < 4.78 is 9.86. The van der Waals surface area contributed by atoms with E-state index < -0.39 is 17.4 Å². The summed E-state index contributed by atoms with van der Waals surface area (Å²) >= 11 is 0. The van der Waals surface area contributed by atoms with Gasteiger partial charge in [0.05, 0.1) is 19.1 Å². The summed E-state index contributed by atoms with van der Waals surface area (Å²) in [7, 11) is 2.62. The highest BCUT2D eigenvalue weighted by Gasteiger charge is 2.25. The Balaban J connectivity index is 3.25. The molecule has 0 fully saturated rings. The average Bonchev–Trinajstić information content (AvgIpc) is 2.34. The number of hydrogen-bond donors (Lipinski definition) is 2. The first-order chi connectivity index (χ1) is 8.51. The summed E-state index contributed by atoms with van der Waals surface area (Å²) in [6.07, 6.45) is 0. The van der Waals surface area contributed by atoms with E-state index >= 15 is 0 Å². The largest absolute Gasteiger partial charge is 0.493 e. The van der Waals surface area contributed by atoms with Crippen molar-refractivity contribution in [1.82, 2.24) is 0 Å². The van der Waals surface area contributed by atoms with Gasteiger partial charge in [-0.3, -0.25) is 14.9 Å². The van der Waals surface area contributed by atoms with Crippen LogP contribution in [0.4, 0.5) is 11.4 Å². The van der Waals surface area contributed by atoms with Gasteiger partial charge < -0.3 is 19.9 Å². The summed E-state index contributed by atoms with van der Waals surface area (Å²) in [6, 6.07) is 2.82. The van der Waals surface area contributed by atoms with Crippen molar-refractivity contribution in [3.63, 3.8) is 0 Å². The molecule has 8 nitrogen and oxygen atoms in total. The van der Waals surface area contributed by atoms with E-state index in [1.54, 1.807) is 0 Å². The fourth-order valence-electron chi connectivity index (χ4n) is 1.41. The Kier molecular flexibility index (Phi) is 4.30. The molecule has 1 aromatic rings. The van der Waals surface area contributed by atoms with Crippen LogP contribution in [0.3, 0.4) is 0 Å². The molecule has 0 aliphatic rings. The predicted octanol–water partition coefficient (Wildman–Crippen LogP) is 1.11. The van der Waals surface area contributed by atoms with Gasteiger partial charge in [0.1, 0.15) is 12.2 Å².